The number of H-pyrrole nitrogens is 1. The molecule has 1 saturated heterocycles. The van der Waals surface area contributed by atoms with Crippen molar-refractivity contribution in [1.29, 1.82) is 0 Å². The SMILES string of the molecule is Cc1c[nH]c2ncc(-c3cc4c(c([C@@H]5CCCN5)c3)CCN(C(=O)C(C)(C)C)C4)cc12. The maximum Gasteiger partial charge on any atom is 0.228 e. The van der Waals surface area contributed by atoms with Crippen molar-refractivity contribution >= 4 is 16.9 Å². The molecule has 2 aliphatic heterocycles. The van der Waals surface area contributed by atoms with Crippen LogP contribution in [0.15, 0.2) is 30.6 Å². The molecule has 31 heavy (non-hydrogen) atoms. The van der Waals surface area contributed by atoms with Crippen molar-refractivity contribution in [3.63, 3.8) is 0 Å². The first-order chi connectivity index (χ1) is 14.8. The third-order valence-electron chi connectivity index (χ3n) is 6.81. The molecule has 3 aromatic rings. The second kappa shape index (κ2) is 7.49. The number of amides is 1. The van der Waals surface area contributed by atoms with Crippen LogP contribution in [0.4, 0.5) is 0 Å². The Morgan fingerprint density at radius 2 is 2.03 bits per heavy atom. The summed E-state index contributed by atoms with van der Waals surface area (Å²) in [6.07, 6.45) is 7.30. The van der Waals surface area contributed by atoms with Gasteiger partial charge in [0.25, 0.3) is 0 Å². The highest BCUT2D eigenvalue weighted by molar-refractivity contribution is 5.85. The number of hydrogen-bond donors (Lipinski definition) is 2. The van der Waals surface area contributed by atoms with Gasteiger partial charge in [0.2, 0.25) is 5.91 Å². The van der Waals surface area contributed by atoms with Gasteiger partial charge < -0.3 is 15.2 Å². The predicted octanol–water partition coefficient (Wildman–Crippen LogP) is 4.89. The van der Waals surface area contributed by atoms with Crippen LogP contribution >= 0.6 is 0 Å². The summed E-state index contributed by atoms with van der Waals surface area (Å²) in [5.41, 5.74) is 8.26. The molecule has 0 radical (unpaired) electrons. The van der Waals surface area contributed by atoms with Gasteiger partial charge in [0, 0.05) is 47.9 Å². The molecular formula is C26H32N4O. The zero-order valence-electron chi connectivity index (χ0n) is 19.0. The Labute approximate surface area is 184 Å². The lowest BCUT2D eigenvalue weighted by Crippen LogP contribution is -2.42. The average Bonchev–Trinajstić information content (AvgIpc) is 3.41. The molecular weight excluding hydrogens is 384 g/mol. The van der Waals surface area contributed by atoms with Crippen LogP contribution in [-0.2, 0) is 17.8 Å². The summed E-state index contributed by atoms with van der Waals surface area (Å²) >= 11 is 0. The number of aromatic amines is 1. The van der Waals surface area contributed by atoms with Crippen LogP contribution in [0, 0.1) is 12.3 Å². The van der Waals surface area contributed by atoms with Gasteiger partial charge in [-0.1, -0.05) is 20.8 Å². The van der Waals surface area contributed by atoms with Gasteiger partial charge in [-0.15, -0.1) is 0 Å². The molecule has 1 aromatic carbocycles. The monoisotopic (exact) mass is 416 g/mol. The van der Waals surface area contributed by atoms with E-state index in [9.17, 15) is 4.79 Å². The molecule has 0 saturated carbocycles. The molecule has 2 N–H and O–H groups in total. The third kappa shape index (κ3) is 3.65. The average molecular weight is 417 g/mol. The molecule has 0 aliphatic carbocycles. The van der Waals surface area contributed by atoms with Gasteiger partial charge in [-0.05, 0) is 78.7 Å². The molecule has 1 amide bonds. The van der Waals surface area contributed by atoms with Crippen molar-refractivity contribution in [2.75, 3.05) is 13.1 Å². The van der Waals surface area contributed by atoms with E-state index < -0.39 is 0 Å². The van der Waals surface area contributed by atoms with E-state index in [2.05, 4.69) is 40.4 Å². The van der Waals surface area contributed by atoms with E-state index in [-0.39, 0.29) is 11.3 Å². The summed E-state index contributed by atoms with van der Waals surface area (Å²) in [7, 11) is 0. The summed E-state index contributed by atoms with van der Waals surface area (Å²) in [5.74, 6) is 0.232. The largest absolute Gasteiger partial charge is 0.346 e. The van der Waals surface area contributed by atoms with Crippen LogP contribution in [0.1, 0.15) is 61.9 Å². The number of aryl methyl sites for hydroxylation is 1. The van der Waals surface area contributed by atoms with Gasteiger partial charge in [-0.25, -0.2) is 4.98 Å². The van der Waals surface area contributed by atoms with Crippen LogP contribution < -0.4 is 5.32 Å². The predicted molar refractivity (Wildman–Crippen MR) is 125 cm³/mol. The molecule has 2 aliphatic rings. The standard InChI is InChI=1S/C26H32N4O/c1-16-13-28-24-21(16)12-18(14-29-24)17-10-19-15-30(25(31)26(2,3)4)9-7-20(19)22(11-17)23-6-5-8-27-23/h10-14,23,27H,5-9,15H2,1-4H3,(H,28,29)/t23-/m0/s1. The number of nitrogens with one attached hydrogen (secondary N) is 2. The molecule has 5 rings (SSSR count). The van der Waals surface area contributed by atoms with E-state index in [1.165, 1.54) is 46.0 Å². The Morgan fingerprint density at radius 1 is 1.19 bits per heavy atom. The van der Waals surface area contributed by atoms with Crippen LogP contribution in [0.3, 0.4) is 0 Å². The molecule has 0 unspecified atom stereocenters. The number of hydrogen-bond acceptors (Lipinski definition) is 3. The highest BCUT2D eigenvalue weighted by atomic mass is 16.2. The first-order valence-corrected chi connectivity index (χ1v) is 11.4. The number of benzene rings is 1. The van der Waals surface area contributed by atoms with E-state index in [0.717, 1.165) is 30.7 Å². The number of fused-ring (bicyclic) bond motifs is 2. The minimum atomic E-state index is -0.355. The molecule has 2 aromatic heterocycles. The van der Waals surface area contributed by atoms with Gasteiger partial charge >= 0.3 is 0 Å². The fourth-order valence-electron chi connectivity index (χ4n) is 5.10. The minimum absolute atomic E-state index is 0.232. The van der Waals surface area contributed by atoms with E-state index in [4.69, 9.17) is 0 Å². The van der Waals surface area contributed by atoms with E-state index in [1.807, 2.05) is 38.1 Å². The molecule has 0 spiro atoms. The van der Waals surface area contributed by atoms with Crippen molar-refractivity contribution in [3.8, 4) is 11.1 Å². The van der Waals surface area contributed by atoms with Crippen LogP contribution in [0.2, 0.25) is 0 Å². The van der Waals surface area contributed by atoms with E-state index in [0.29, 0.717) is 12.6 Å². The Morgan fingerprint density at radius 3 is 2.77 bits per heavy atom. The zero-order valence-corrected chi connectivity index (χ0v) is 19.0. The number of rotatable bonds is 2. The maximum absolute atomic E-state index is 13.0. The van der Waals surface area contributed by atoms with Crippen molar-refractivity contribution < 1.29 is 4.79 Å². The summed E-state index contributed by atoms with van der Waals surface area (Å²) in [6, 6.07) is 7.31. The highest BCUT2D eigenvalue weighted by Crippen LogP contribution is 2.37. The lowest BCUT2D eigenvalue weighted by molar-refractivity contribution is -0.140. The number of carbonyl (C=O) groups is 1. The van der Waals surface area contributed by atoms with Gasteiger partial charge in [0.05, 0.1) is 0 Å². The summed E-state index contributed by atoms with van der Waals surface area (Å²) < 4.78 is 0. The third-order valence-corrected chi connectivity index (χ3v) is 6.81. The Bertz CT molecular complexity index is 1150. The zero-order chi connectivity index (χ0) is 21.8. The van der Waals surface area contributed by atoms with Crippen molar-refractivity contribution in [2.45, 2.75) is 59.5 Å². The summed E-state index contributed by atoms with van der Waals surface area (Å²) in [4.78, 5) is 22.9. The summed E-state index contributed by atoms with van der Waals surface area (Å²) in [5, 5.41) is 4.86. The molecule has 1 atom stereocenters. The molecule has 1 fully saturated rings. The fraction of sp³-hybridized carbons (Fsp3) is 0.462. The topological polar surface area (TPSA) is 61.0 Å². The number of nitrogens with zero attached hydrogens (tertiary/aromatic N) is 2. The van der Waals surface area contributed by atoms with Gasteiger partial charge in [-0.2, -0.15) is 0 Å². The Kier molecular flexibility index (Phi) is 4.89. The molecule has 5 heteroatoms. The van der Waals surface area contributed by atoms with Crippen molar-refractivity contribution in [3.05, 3.63) is 52.8 Å². The Balaban J connectivity index is 1.60. The number of aromatic nitrogens is 2. The summed E-state index contributed by atoms with van der Waals surface area (Å²) in [6.45, 7) is 10.7. The van der Waals surface area contributed by atoms with Crippen LogP contribution in [0.5, 0.6) is 0 Å². The second-order valence-electron chi connectivity index (χ2n) is 10.2. The molecule has 5 nitrogen and oxygen atoms in total. The van der Waals surface area contributed by atoms with Crippen LogP contribution in [-0.4, -0.2) is 33.9 Å². The quantitative estimate of drug-likeness (QED) is 0.625. The first-order valence-electron chi connectivity index (χ1n) is 11.4. The molecule has 162 valence electrons. The molecule has 0 bridgehead atoms. The number of carbonyl (C=O) groups excluding carboxylic acids is 1. The Hall–Kier alpha value is -2.66. The lowest BCUT2D eigenvalue weighted by atomic mass is 9.85. The fourth-order valence-corrected chi connectivity index (χ4v) is 5.10. The molecule has 4 heterocycles. The smallest absolute Gasteiger partial charge is 0.228 e. The van der Waals surface area contributed by atoms with Crippen molar-refractivity contribution in [2.24, 2.45) is 5.41 Å². The van der Waals surface area contributed by atoms with Gasteiger partial charge in [0.1, 0.15) is 5.65 Å². The van der Waals surface area contributed by atoms with E-state index >= 15 is 0 Å². The van der Waals surface area contributed by atoms with Gasteiger partial charge in [0.15, 0.2) is 0 Å². The normalized spacial score (nSPS) is 19.1. The first kappa shape index (κ1) is 20.3. The van der Waals surface area contributed by atoms with Crippen molar-refractivity contribution in [1.82, 2.24) is 20.2 Å². The number of pyridine rings is 1. The van der Waals surface area contributed by atoms with E-state index in [1.54, 1.807) is 0 Å². The minimum Gasteiger partial charge on any atom is -0.346 e. The van der Waals surface area contributed by atoms with Gasteiger partial charge in [-0.3, -0.25) is 4.79 Å². The second-order valence-corrected chi connectivity index (χ2v) is 10.2. The van der Waals surface area contributed by atoms with Crippen LogP contribution in [0.25, 0.3) is 22.2 Å². The highest BCUT2D eigenvalue weighted by Gasteiger charge is 2.32. The maximum atomic E-state index is 13.0. The lowest BCUT2D eigenvalue weighted by Gasteiger charge is -2.35.